The highest BCUT2D eigenvalue weighted by atomic mass is 79.9. The summed E-state index contributed by atoms with van der Waals surface area (Å²) in [6.07, 6.45) is 4.33. The Morgan fingerprint density at radius 2 is 1.91 bits per heavy atom. The van der Waals surface area contributed by atoms with E-state index < -0.39 is 11.7 Å². The van der Waals surface area contributed by atoms with E-state index in [4.69, 9.17) is 9.47 Å². The molecular weight excluding hydrogens is 514 g/mol. The molecular formula is C25H32BrN5O4. The number of rotatable bonds is 11. The predicted molar refractivity (Wildman–Crippen MR) is 137 cm³/mol. The largest absolute Gasteiger partial charge is 0.443 e. The highest BCUT2D eigenvalue weighted by Gasteiger charge is 2.25. The molecule has 0 fully saturated rings. The van der Waals surface area contributed by atoms with E-state index in [9.17, 15) is 9.59 Å². The van der Waals surface area contributed by atoms with Gasteiger partial charge in [-0.1, -0.05) is 30.3 Å². The zero-order valence-corrected chi connectivity index (χ0v) is 22.0. The molecule has 2 amide bonds. The van der Waals surface area contributed by atoms with Crippen LogP contribution in [0.3, 0.4) is 0 Å². The van der Waals surface area contributed by atoms with E-state index in [-0.39, 0.29) is 18.9 Å². The lowest BCUT2D eigenvalue weighted by Gasteiger charge is -2.26. The van der Waals surface area contributed by atoms with Gasteiger partial charge < -0.3 is 14.8 Å². The van der Waals surface area contributed by atoms with Crippen LogP contribution in [-0.2, 0) is 20.9 Å². The van der Waals surface area contributed by atoms with Gasteiger partial charge in [-0.05, 0) is 61.2 Å². The number of anilines is 1. The van der Waals surface area contributed by atoms with Crippen molar-refractivity contribution in [1.29, 1.82) is 0 Å². The number of carbonyl (C=O) groups excluding carboxylic acids is 2. The third kappa shape index (κ3) is 8.63. The first-order valence-corrected chi connectivity index (χ1v) is 12.4. The first-order valence-electron chi connectivity index (χ1n) is 11.6. The summed E-state index contributed by atoms with van der Waals surface area (Å²) in [5.41, 5.74) is 1.06. The molecule has 9 nitrogen and oxygen atoms in total. The number of carbonyl (C=O) groups is 2. The molecule has 3 aromatic rings. The summed E-state index contributed by atoms with van der Waals surface area (Å²) < 4.78 is 13.5. The van der Waals surface area contributed by atoms with Crippen LogP contribution < -0.4 is 10.2 Å². The second-order valence-electron chi connectivity index (χ2n) is 9.02. The van der Waals surface area contributed by atoms with E-state index in [0.29, 0.717) is 37.6 Å². The molecule has 0 bridgehead atoms. The summed E-state index contributed by atoms with van der Waals surface area (Å²) in [7, 11) is 0. The molecule has 0 aliphatic carbocycles. The number of hydrogen-bond acceptors (Lipinski definition) is 6. The van der Waals surface area contributed by atoms with Crippen LogP contribution >= 0.6 is 15.9 Å². The molecule has 0 radical (unpaired) electrons. The van der Waals surface area contributed by atoms with E-state index in [1.807, 2.05) is 51.1 Å². The van der Waals surface area contributed by atoms with Gasteiger partial charge in [0.1, 0.15) is 11.4 Å². The van der Waals surface area contributed by atoms with Gasteiger partial charge in [0.15, 0.2) is 5.65 Å². The van der Waals surface area contributed by atoms with Crippen LogP contribution in [-0.4, -0.2) is 51.9 Å². The molecule has 3 rings (SSSR count). The molecule has 0 aliphatic rings. The van der Waals surface area contributed by atoms with Gasteiger partial charge in [-0.15, -0.1) is 0 Å². The standard InChI is InChI=1S/C25H32BrN5O4/c1-25(2,3)35-24(33)30(21-12-15-31-23(29-21)20(26)17-28-31)14-7-11-22(32)27-13-8-16-34-18-19-9-5-4-6-10-19/h4-6,9-10,12,15,17H,7-8,11,13-14,16,18H2,1-3H3,(H,27,32). The average Bonchev–Trinajstić information content (AvgIpc) is 3.18. The molecule has 0 saturated heterocycles. The summed E-state index contributed by atoms with van der Waals surface area (Å²) in [5, 5.41) is 7.08. The van der Waals surface area contributed by atoms with Crippen LogP contribution in [0.4, 0.5) is 10.6 Å². The van der Waals surface area contributed by atoms with Crippen molar-refractivity contribution in [3.8, 4) is 0 Å². The number of nitrogens with one attached hydrogen (secondary N) is 1. The van der Waals surface area contributed by atoms with E-state index in [0.717, 1.165) is 16.5 Å². The van der Waals surface area contributed by atoms with Gasteiger partial charge in [-0.3, -0.25) is 9.69 Å². The predicted octanol–water partition coefficient (Wildman–Crippen LogP) is 4.74. The summed E-state index contributed by atoms with van der Waals surface area (Å²) in [4.78, 5) is 31.2. The smallest absolute Gasteiger partial charge is 0.416 e. The quantitative estimate of drug-likeness (QED) is 0.349. The van der Waals surface area contributed by atoms with Gasteiger partial charge in [-0.25, -0.2) is 14.3 Å². The Labute approximate surface area is 213 Å². The lowest BCUT2D eigenvalue weighted by molar-refractivity contribution is -0.121. The van der Waals surface area contributed by atoms with Crippen LogP contribution in [0.15, 0.2) is 53.3 Å². The Kier molecular flexibility index (Phi) is 9.62. The number of amides is 2. The molecule has 0 spiro atoms. The zero-order valence-electron chi connectivity index (χ0n) is 20.4. The Balaban J connectivity index is 1.46. The summed E-state index contributed by atoms with van der Waals surface area (Å²) >= 11 is 3.42. The maximum Gasteiger partial charge on any atom is 0.416 e. The fourth-order valence-electron chi connectivity index (χ4n) is 3.25. The minimum absolute atomic E-state index is 0.0702. The van der Waals surface area contributed by atoms with Gasteiger partial charge in [0.05, 0.1) is 17.3 Å². The van der Waals surface area contributed by atoms with Crippen LogP contribution in [0, 0.1) is 0 Å². The van der Waals surface area contributed by atoms with E-state index in [1.165, 1.54) is 4.90 Å². The van der Waals surface area contributed by atoms with Crippen molar-refractivity contribution in [3.63, 3.8) is 0 Å². The maximum atomic E-state index is 12.9. The summed E-state index contributed by atoms with van der Waals surface area (Å²) in [5.74, 6) is 0.364. The maximum absolute atomic E-state index is 12.9. The average molecular weight is 546 g/mol. The molecule has 10 heteroatoms. The molecule has 1 N–H and O–H groups in total. The Bertz CT molecular complexity index is 1110. The number of ether oxygens (including phenoxy) is 2. The second-order valence-corrected chi connectivity index (χ2v) is 9.88. The first kappa shape index (κ1) is 26.6. The van der Waals surface area contributed by atoms with E-state index in [2.05, 4.69) is 31.3 Å². The van der Waals surface area contributed by atoms with Crippen molar-refractivity contribution in [2.45, 2.75) is 52.2 Å². The summed E-state index contributed by atoms with van der Waals surface area (Å²) in [6, 6.07) is 11.7. The first-order chi connectivity index (χ1) is 16.7. The second kappa shape index (κ2) is 12.6. The minimum atomic E-state index is -0.656. The van der Waals surface area contributed by atoms with Gasteiger partial charge in [0, 0.05) is 32.3 Å². The van der Waals surface area contributed by atoms with Crippen molar-refractivity contribution < 1.29 is 19.1 Å². The number of benzene rings is 1. The third-order valence-electron chi connectivity index (χ3n) is 4.89. The molecule has 35 heavy (non-hydrogen) atoms. The van der Waals surface area contributed by atoms with Gasteiger partial charge in [0.25, 0.3) is 0 Å². The Morgan fingerprint density at radius 1 is 1.14 bits per heavy atom. The highest BCUT2D eigenvalue weighted by Crippen LogP contribution is 2.21. The molecule has 2 heterocycles. The number of halogens is 1. The Morgan fingerprint density at radius 3 is 2.66 bits per heavy atom. The van der Waals surface area contributed by atoms with Crippen LogP contribution in [0.5, 0.6) is 0 Å². The monoisotopic (exact) mass is 545 g/mol. The SMILES string of the molecule is CC(C)(C)OC(=O)N(CCCC(=O)NCCCOCc1ccccc1)c1ccn2ncc(Br)c2n1. The number of fused-ring (bicyclic) bond motifs is 1. The van der Waals surface area contributed by atoms with Crippen molar-refractivity contribution in [2.24, 2.45) is 0 Å². The van der Waals surface area contributed by atoms with Crippen LogP contribution in [0.25, 0.3) is 5.65 Å². The fraction of sp³-hybridized carbons (Fsp3) is 0.440. The van der Waals surface area contributed by atoms with Gasteiger partial charge >= 0.3 is 6.09 Å². The zero-order chi connectivity index (χ0) is 25.3. The lowest BCUT2D eigenvalue weighted by atomic mass is 10.2. The summed E-state index contributed by atoms with van der Waals surface area (Å²) in [6.45, 7) is 7.39. The molecule has 0 aliphatic heterocycles. The van der Waals surface area contributed by atoms with Gasteiger partial charge in [0.2, 0.25) is 5.91 Å². The van der Waals surface area contributed by atoms with Crippen molar-refractivity contribution in [3.05, 3.63) is 58.8 Å². The number of nitrogens with zero attached hydrogens (tertiary/aromatic N) is 4. The third-order valence-corrected chi connectivity index (χ3v) is 5.45. The number of hydrogen-bond donors (Lipinski definition) is 1. The van der Waals surface area contributed by atoms with E-state index >= 15 is 0 Å². The van der Waals surface area contributed by atoms with E-state index in [1.54, 1.807) is 23.0 Å². The molecule has 1 aromatic carbocycles. The van der Waals surface area contributed by atoms with Crippen molar-refractivity contribution >= 4 is 39.4 Å². The molecule has 0 atom stereocenters. The van der Waals surface area contributed by atoms with Gasteiger partial charge in [-0.2, -0.15) is 5.10 Å². The highest BCUT2D eigenvalue weighted by molar-refractivity contribution is 9.10. The molecule has 2 aromatic heterocycles. The topological polar surface area (TPSA) is 98.1 Å². The fourth-order valence-corrected chi connectivity index (χ4v) is 3.61. The minimum Gasteiger partial charge on any atom is -0.443 e. The lowest BCUT2D eigenvalue weighted by Crippen LogP contribution is -2.38. The molecule has 0 unspecified atom stereocenters. The normalized spacial score (nSPS) is 11.4. The number of aromatic nitrogens is 3. The molecule has 0 saturated carbocycles. The van der Waals surface area contributed by atoms with Crippen molar-refractivity contribution in [1.82, 2.24) is 19.9 Å². The van der Waals surface area contributed by atoms with Crippen molar-refractivity contribution in [2.75, 3.05) is 24.6 Å². The van der Waals surface area contributed by atoms with Crippen LogP contribution in [0.2, 0.25) is 0 Å². The Hall–Kier alpha value is -2.98. The molecule has 188 valence electrons. The van der Waals surface area contributed by atoms with Crippen LogP contribution in [0.1, 0.15) is 45.6 Å².